The summed E-state index contributed by atoms with van der Waals surface area (Å²) >= 11 is 0. The quantitative estimate of drug-likeness (QED) is 0.659. The highest BCUT2D eigenvalue weighted by Gasteiger charge is 2.66. The molecule has 0 aliphatic carbocycles. The van der Waals surface area contributed by atoms with Crippen molar-refractivity contribution >= 4 is 11.8 Å². The molecule has 2 saturated heterocycles. The Labute approximate surface area is 151 Å². The van der Waals surface area contributed by atoms with Gasteiger partial charge in [-0.05, 0) is 0 Å². The first kappa shape index (κ1) is 17.1. The zero-order valence-corrected chi connectivity index (χ0v) is 14.9. The van der Waals surface area contributed by atoms with Gasteiger partial charge >= 0.3 is 0 Å². The second-order valence-electron chi connectivity index (χ2n) is 7.04. The first-order valence-corrected chi connectivity index (χ1v) is 8.70. The Bertz CT molecular complexity index is 740. The number of carbonyl (C=O) groups is 2. The molecule has 138 valence electrons. The van der Waals surface area contributed by atoms with Gasteiger partial charge < -0.3 is 19.3 Å². The monoisotopic (exact) mass is 358 g/mol. The first-order valence-electron chi connectivity index (χ1n) is 8.70. The Hall–Kier alpha value is -2.32. The van der Waals surface area contributed by atoms with E-state index < -0.39 is 17.4 Å². The molecule has 8 nitrogen and oxygen atoms in total. The Balaban J connectivity index is 1.53. The van der Waals surface area contributed by atoms with Gasteiger partial charge in [-0.3, -0.25) is 19.6 Å². The first-order chi connectivity index (χ1) is 12.6. The summed E-state index contributed by atoms with van der Waals surface area (Å²) in [6.07, 6.45) is 8.36. The van der Waals surface area contributed by atoms with Crippen molar-refractivity contribution in [3.05, 3.63) is 36.4 Å². The number of carbonyl (C=O) groups excluding carboxylic acids is 2. The summed E-state index contributed by atoms with van der Waals surface area (Å²) in [5, 5.41) is 0. The van der Waals surface area contributed by atoms with E-state index in [9.17, 15) is 9.59 Å². The fourth-order valence-corrected chi connectivity index (χ4v) is 4.24. The van der Waals surface area contributed by atoms with Crippen LogP contribution in [0, 0.1) is 11.8 Å². The van der Waals surface area contributed by atoms with Crippen LogP contribution in [0.3, 0.4) is 0 Å². The maximum absolute atomic E-state index is 13.1. The highest BCUT2D eigenvalue weighted by Crippen LogP contribution is 2.52. The number of fused-ring (bicyclic) bond motifs is 1. The molecule has 3 aliphatic heterocycles. The maximum Gasteiger partial charge on any atom is 0.230 e. The molecule has 0 aromatic carbocycles. The molecule has 4 heterocycles. The third kappa shape index (κ3) is 2.60. The van der Waals surface area contributed by atoms with Gasteiger partial charge in [0, 0.05) is 33.1 Å². The van der Waals surface area contributed by atoms with Gasteiger partial charge in [0.05, 0.1) is 49.5 Å². The number of rotatable bonds is 6. The van der Waals surface area contributed by atoms with Gasteiger partial charge in [0.1, 0.15) is 5.60 Å². The van der Waals surface area contributed by atoms with Crippen LogP contribution in [0.4, 0.5) is 0 Å². The van der Waals surface area contributed by atoms with Crippen molar-refractivity contribution in [2.75, 3.05) is 33.9 Å². The molecular weight excluding hydrogens is 336 g/mol. The molecule has 3 aliphatic rings. The van der Waals surface area contributed by atoms with Crippen LogP contribution in [0.1, 0.15) is 5.69 Å². The van der Waals surface area contributed by atoms with Gasteiger partial charge in [-0.1, -0.05) is 12.2 Å². The van der Waals surface area contributed by atoms with Crippen LogP contribution in [0.2, 0.25) is 0 Å². The number of amides is 2. The molecule has 1 spiro atoms. The topological polar surface area (TPSA) is 84.9 Å². The van der Waals surface area contributed by atoms with Crippen LogP contribution in [0.5, 0.6) is 0 Å². The predicted molar refractivity (Wildman–Crippen MR) is 90.7 cm³/mol. The number of aromatic nitrogens is 2. The Kier molecular flexibility index (Phi) is 4.24. The minimum Gasteiger partial charge on any atom is -0.383 e. The van der Waals surface area contributed by atoms with E-state index in [4.69, 9.17) is 9.47 Å². The smallest absolute Gasteiger partial charge is 0.230 e. The van der Waals surface area contributed by atoms with E-state index in [1.807, 2.05) is 12.2 Å². The van der Waals surface area contributed by atoms with Gasteiger partial charge in [-0.25, -0.2) is 0 Å². The summed E-state index contributed by atoms with van der Waals surface area (Å²) in [5.41, 5.74) is 0.0283. The van der Waals surface area contributed by atoms with Crippen LogP contribution in [-0.2, 0) is 25.6 Å². The predicted octanol–water partition coefficient (Wildman–Crippen LogP) is -0.137. The summed E-state index contributed by atoms with van der Waals surface area (Å²) in [4.78, 5) is 37.6. The molecule has 8 heteroatoms. The third-order valence-electron chi connectivity index (χ3n) is 5.42. The SMILES string of the molecule is COCCN1C[C@@]23C=C[C@@H](O2)C(C(=O)N(C)Cc2cnccn2)C3C1=O. The Morgan fingerprint density at radius 3 is 3.08 bits per heavy atom. The van der Waals surface area contributed by atoms with Crippen molar-refractivity contribution in [3.8, 4) is 0 Å². The summed E-state index contributed by atoms with van der Waals surface area (Å²) in [6, 6.07) is 0. The van der Waals surface area contributed by atoms with Crippen LogP contribution in [0.15, 0.2) is 30.7 Å². The van der Waals surface area contributed by atoms with Crippen LogP contribution >= 0.6 is 0 Å². The van der Waals surface area contributed by atoms with E-state index in [0.29, 0.717) is 31.9 Å². The lowest BCUT2D eigenvalue weighted by atomic mass is 9.76. The Morgan fingerprint density at radius 2 is 2.35 bits per heavy atom. The molecular formula is C18H22N4O4. The lowest BCUT2D eigenvalue weighted by molar-refractivity contribution is -0.142. The summed E-state index contributed by atoms with van der Waals surface area (Å²) < 4.78 is 11.2. The second-order valence-corrected chi connectivity index (χ2v) is 7.04. The minimum atomic E-state index is -0.677. The average Bonchev–Trinajstić information content (AvgIpc) is 3.28. The molecule has 2 bridgehead atoms. The summed E-state index contributed by atoms with van der Waals surface area (Å²) in [6.45, 7) is 1.80. The van der Waals surface area contributed by atoms with E-state index in [1.165, 1.54) is 0 Å². The molecule has 26 heavy (non-hydrogen) atoms. The molecule has 0 radical (unpaired) electrons. The van der Waals surface area contributed by atoms with E-state index in [2.05, 4.69) is 9.97 Å². The molecule has 4 atom stereocenters. The number of nitrogens with zero attached hydrogens (tertiary/aromatic N) is 4. The molecule has 0 N–H and O–H groups in total. The van der Waals surface area contributed by atoms with Gasteiger partial charge in [0.15, 0.2) is 0 Å². The second kappa shape index (κ2) is 6.44. The van der Waals surface area contributed by atoms with Crippen molar-refractivity contribution in [2.45, 2.75) is 18.2 Å². The zero-order valence-electron chi connectivity index (χ0n) is 14.9. The molecule has 0 saturated carbocycles. The number of methoxy groups -OCH3 is 1. The number of likely N-dealkylation sites (tertiary alicyclic amines) is 1. The highest BCUT2D eigenvalue weighted by atomic mass is 16.5. The third-order valence-corrected chi connectivity index (χ3v) is 5.42. The maximum atomic E-state index is 13.1. The van der Waals surface area contributed by atoms with Crippen molar-refractivity contribution in [3.63, 3.8) is 0 Å². The highest BCUT2D eigenvalue weighted by molar-refractivity contribution is 5.93. The van der Waals surface area contributed by atoms with Crippen LogP contribution in [-0.4, -0.2) is 77.1 Å². The van der Waals surface area contributed by atoms with Crippen molar-refractivity contribution in [1.29, 1.82) is 0 Å². The normalized spacial score (nSPS) is 31.5. The van der Waals surface area contributed by atoms with Gasteiger partial charge in [-0.15, -0.1) is 0 Å². The van der Waals surface area contributed by atoms with Crippen LogP contribution < -0.4 is 0 Å². The van der Waals surface area contributed by atoms with Gasteiger partial charge in [0.25, 0.3) is 0 Å². The molecule has 1 aromatic rings. The Morgan fingerprint density at radius 1 is 1.50 bits per heavy atom. The fourth-order valence-electron chi connectivity index (χ4n) is 4.24. The van der Waals surface area contributed by atoms with E-state index in [-0.39, 0.29) is 17.9 Å². The number of ether oxygens (including phenoxy) is 2. The fraction of sp³-hybridized carbons (Fsp3) is 0.556. The van der Waals surface area contributed by atoms with E-state index in [0.717, 1.165) is 0 Å². The van der Waals surface area contributed by atoms with Crippen molar-refractivity contribution in [1.82, 2.24) is 19.8 Å². The molecule has 4 rings (SSSR count). The van der Waals surface area contributed by atoms with Crippen molar-refractivity contribution < 1.29 is 19.1 Å². The standard InChI is InChI=1S/C18H22N4O4/c1-21(10-12-9-19-5-6-20-12)16(23)14-13-3-4-18(26-13)11-22(7-8-25-2)17(24)15(14)18/h3-6,9,13-15H,7-8,10-11H2,1-2H3/t13-,14?,15?,18-/m1/s1. The lowest BCUT2D eigenvalue weighted by Gasteiger charge is -2.27. The van der Waals surface area contributed by atoms with E-state index >= 15 is 0 Å². The molecule has 1 aromatic heterocycles. The van der Waals surface area contributed by atoms with Crippen molar-refractivity contribution in [2.24, 2.45) is 11.8 Å². The van der Waals surface area contributed by atoms with E-state index in [1.54, 1.807) is 42.5 Å². The van der Waals surface area contributed by atoms with Gasteiger partial charge in [-0.2, -0.15) is 0 Å². The minimum absolute atomic E-state index is 0.0276. The summed E-state index contributed by atoms with van der Waals surface area (Å²) in [7, 11) is 3.33. The number of hydrogen-bond acceptors (Lipinski definition) is 6. The molecule has 2 unspecified atom stereocenters. The van der Waals surface area contributed by atoms with Crippen LogP contribution in [0.25, 0.3) is 0 Å². The molecule has 2 amide bonds. The lowest BCUT2D eigenvalue weighted by Crippen LogP contribution is -2.44. The zero-order chi connectivity index (χ0) is 18.3. The number of hydrogen-bond donors (Lipinski definition) is 0. The largest absolute Gasteiger partial charge is 0.383 e. The van der Waals surface area contributed by atoms with Gasteiger partial charge in [0.2, 0.25) is 11.8 Å². The molecule has 2 fully saturated rings. The summed E-state index contributed by atoms with van der Waals surface area (Å²) in [5.74, 6) is -1.09. The average molecular weight is 358 g/mol.